The lowest BCUT2D eigenvalue weighted by Gasteiger charge is -2.41. The Labute approximate surface area is 110 Å². The van der Waals surface area contributed by atoms with Gasteiger partial charge in [-0.3, -0.25) is 9.69 Å². The van der Waals surface area contributed by atoms with Crippen LogP contribution in [0.5, 0.6) is 0 Å². The zero-order valence-electron chi connectivity index (χ0n) is 11.8. The van der Waals surface area contributed by atoms with E-state index < -0.39 is 0 Å². The molecule has 1 fully saturated rings. The Kier molecular flexibility index (Phi) is 6.60. The maximum absolute atomic E-state index is 11.7. The molecule has 1 rings (SSSR count). The van der Waals surface area contributed by atoms with E-state index in [4.69, 9.17) is 10.5 Å². The van der Waals surface area contributed by atoms with Gasteiger partial charge in [-0.05, 0) is 26.7 Å². The topological polar surface area (TPSA) is 67.6 Å². The molecule has 3 unspecified atom stereocenters. The third-order valence-electron chi connectivity index (χ3n) is 3.75. The second-order valence-corrected chi connectivity index (χ2v) is 5.02. The molecular formula is C13H27N3O2. The summed E-state index contributed by atoms with van der Waals surface area (Å²) in [6.07, 6.45) is 2.88. The first-order valence-corrected chi connectivity index (χ1v) is 6.87. The molecule has 0 radical (unpaired) electrons. The summed E-state index contributed by atoms with van der Waals surface area (Å²) in [5.74, 6) is 0.0917. The van der Waals surface area contributed by atoms with Crippen molar-refractivity contribution in [3.05, 3.63) is 0 Å². The van der Waals surface area contributed by atoms with Gasteiger partial charge in [-0.2, -0.15) is 0 Å². The Morgan fingerprint density at radius 3 is 2.83 bits per heavy atom. The van der Waals surface area contributed by atoms with Gasteiger partial charge < -0.3 is 15.8 Å². The predicted octanol–water partition coefficient (Wildman–Crippen LogP) is 0.339. The van der Waals surface area contributed by atoms with Crippen LogP contribution in [0.3, 0.4) is 0 Å². The molecule has 0 bridgehead atoms. The molecule has 0 aromatic carbocycles. The number of nitrogens with one attached hydrogen (secondary N) is 1. The van der Waals surface area contributed by atoms with Crippen LogP contribution in [0.15, 0.2) is 0 Å². The minimum atomic E-state index is 0.0917. The number of carbonyl (C=O) groups excluding carboxylic acids is 1. The Balaban J connectivity index is 2.52. The van der Waals surface area contributed by atoms with Crippen LogP contribution in [-0.2, 0) is 9.53 Å². The summed E-state index contributed by atoms with van der Waals surface area (Å²) < 4.78 is 5.41. The van der Waals surface area contributed by atoms with E-state index in [1.54, 1.807) is 7.11 Å². The summed E-state index contributed by atoms with van der Waals surface area (Å²) in [5, 5.41) is 2.84. The van der Waals surface area contributed by atoms with Crippen LogP contribution < -0.4 is 11.1 Å². The maximum atomic E-state index is 11.7. The number of rotatable bonds is 6. The lowest BCUT2D eigenvalue weighted by Crippen LogP contribution is -2.52. The number of nitrogens with two attached hydrogens (primary N) is 1. The monoisotopic (exact) mass is 257 g/mol. The molecule has 5 heteroatoms. The van der Waals surface area contributed by atoms with Crippen molar-refractivity contribution in [2.24, 2.45) is 5.73 Å². The van der Waals surface area contributed by atoms with Crippen molar-refractivity contribution < 1.29 is 9.53 Å². The van der Waals surface area contributed by atoms with Gasteiger partial charge in [-0.15, -0.1) is 0 Å². The molecule has 3 N–H and O–H groups in total. The standard InChI is InChI=1S/C13H27N3O2/c1-4-15-13(17)8-11(9-14)16-6-5-12(18-3)7-10(16)2/h10-12H,4-9,14H2,1-3H3,(H,15,17). The number of likely N-dealkylation sites (tertiary alicyclic amines) is 1. The highest BCUT2D eigenvalue weighted by Crippen LogP contribution is 2.22. The molecule has 0 aliphatic carbocycles. The van der Waals surface area contributed by atoms with Gasteiger partial charge in [0.1, 0.15) is 0 Å². The van der Waals surface area contributed by atoms with Gasteiger partial charge in [-0.25, -0.2) is 0 Å². The largest absolute Gasteiger partial charge is 0.381 e. The second-order valence-electron chi connectivity index (χ2n) is 5.02. The number of carbonyl (C=O) groups is 1. The molecule has 0 aromatic rings. The number of hydrogen-bond acceptors (Lipinski definition) is 4. The Bertz CT molecular complexity index is 261. The highest BCUT2D eigenvalue weighted by atomic mass is 16.5. The van der Waals surface area contributed by atoms with Gasteiger partial charge in [0.25, 0.3) is 0 Å². The Morgan fingerprint density at radius 1 is 1.61 bits per heavy atom. The van der Waals surface area contributed by atoms with E-state index in [0.29, 0.717) is 31.7 Å². The first kappa shape index (κ1) is 15.4. The number of amides is 1. The van der Waals surface area contributed by atoms with E-state index in [-0.39, 0.29) is 11.9 Å². The van der Waals surface area contributed by atoms with E-state index in [1.165, 1.54) is 0 Å². The van der Waals surface area contributed by atoms with Gasteiger partial charge in [0, 0.05) is 45.2 Å². The first-order chi connectivity index (χ1) is 8.62. The van der Waals surface area contributed by atoms with Crippen LogP contribution in [0, 0.1) is 0 Å². The summed E-state index contributed by atoms with van der Waals surface area (Å²) in [6.45, 7) is 6.28. The van der Waals surface area contributed by atoms with Crippen molar-refractivity contribution in [2.75, 3.05) is 26.7 Å². The zero-order valence-corrected chi connectivity index (χ0v) is 11.8. The van der Waals surface area contributed by atoms with Crippen molar-refractivity contribution in [2.45, 2.75) is 51.3 Å². The highest BCUT2D eigenvalue weighted by Gasteiger charge is 2.30. The lowest BCUT2D eigenvalue weighted by molar-refractivity contribution is -0.122. The molecule has 1 saturated heterocycles. The summed E-state index contributed by atoms with van der Waals surface area (Å²) in [6, 6.07) is 0.566. The smallest absolute Gasteiger partial charge is 0.221 e. The second kappa shape index (κ2) is 7.71. The zero-order chi connectivity index (χ0) is 13.5. The van der Waals surface area contributed by atoms with E-state index in [9.17, 15) is 4.79 Å². The molecule has 18 heavy (non-hydrogen) atoms. The Hall–Kier alpha value is -0.650. The third kappa shape index (κ3) is 4.23. The van der Waals surface area contributed by atoms with Crippen molar-refractivity contribution in [1.29, 1.82) is 0 Å². The average Bonchev–Trinajstić information content (AvgIpc) is 2.36. The molecule has 0 aromatic heterocycles. The fraction of sp³-hybridized carbons (Fsp3) is 0.923. The van der Waals surface area contributed by atoms with Crippen LogP contribution >= 0.6 is 0 Å². The van der Waals surface area contributed by atoms with Crippen LogP contribution in [-0.4, -0.2) is 55.7 Å². The molecule has 0 spiro atoms. The molecule has 106 valence electrons. The normalized spacial score (nSPS) is 26.9. The lowest BCUT2D eigenvalue weighted by atomic mass is 9.97. The SMILES string of the molecule is CCNC(=O)CC(CN)N1CCC(OC)CC1C. The van der Waals surface area contributed by atoms with Gasteiger partial charge in [0.2, 0.25) is 5.91 Å². The summed E-state index contributed by atoms with van der Waals surface area (Å²) in [4.78, 5) is 14.0. The molecule has 1 aliphatic rings. The fourth-order valence-corrected chi connectivity index (χ4v) is 2.72. The molecule has 5 nitrogen and oxygen atoms in total. The van der Waals surface area contributed by atoms with Gasteiger partial charge in [-0.1, -0.05) is 0 Å². The number of nitrogens with zero attached hydrogens (tertiary/aromatic N) is 1. The quantitative estimate of drug-likeness (QED) is 0.720. The van der Waals surface area contributed by atoms with Crippen LogP contribution in [0.25, 0.3) is 0 Å². The molecular weight excluding hydrogens is 230 g/mol. The molecule has 0 saturated carbocycles. The van der Waals surface area contributed by atoms with Crippen molar-refractivity contribution in [3.63, 3.8) is 0 Å². The molecule has 1 amide bonds. The average molecular weight is 257 g/mol. The summed E-state index contributed by atoms with van der Waals surface area (Å²) in [5.41, 5.74) is 5.82. The van der Waals surface area contributed by atoms with Gasteiger partial charge in [0.05, 0.1) is 6.10 Å². The maximum Gasteiger partial charge on any atom is 0.221 e. The van der Waals surface area contributed by atoms with Crippen LogP contribution in [0.2, 0.25) is 0 Å². The van der Waals surface area contributed by atoms with Crippen LogP contribution in [0.1, 0.15) is 33.1 Å². The number of hydrogen-bond donors (Lipinski definition) is 2. The van der Waals surface area contributed by atoms with Crippen molar-refractivity contribution in [3.8, 4) is 0 Å². The third-order valence-corrected chi connectivity index (χ3v) is 3.75. The van der Waals surface area contributed by atoms with Crippen LogP contribution in [0.4, 0.5) is 0 Å². The number of ether oxygens (including phenoxy) is 1. The number of methoxy groups -OCH3 is 1. The van der Waals surface area contributed by atoms with Crippen molar-refractivity contribution in [1.82, 2.24) is 10.2 Å². The molecule has 3 atom stereocenters. The van der Waals surface area contributed by atoms with E-state index in [2.05, 4.69) is 17.1 Å². The van der Waals surface area contributed by atoms with Gasteiger partial charge in [0.15, 0.2) is 0 Å². The summed E-state index contributed by atoms with van der Waals surface area (Å²) >= 11 is 0. The predicted molar refractivity (Wildman–Crippen MR) is 72.3 cm³/mol. The summed E-state index contributed by atoms with van der Waals surface area (Å²) in [7, 11) is 1.77. The molecule has 1 aliphatic heterocycles. The van der Waals surface area contributed by atoms with Crippen molar-refractivity contribution >= 4 is 5.91 Å². The molecule has 1 heterocycles. The van der Waals surface area contributed by atoms with E-state index in [1.807, 2.05) is 6.92 Å². The van der Waals surface area contributed by atoms with E-state index in [0.717, 1.165) is 19.4 Å². The highest BCUT2D eigenvalue weighted by molar-refractivity contribution is 5.76. The minimum absolute atomic E-state index is 0.0917. The fourth-order valence-electron chi connectivity index (χ4n) is 2.72. The minimum Gasteiger partial charge on any atom is -0.381 e. The number of piperidine rings is 1. The van der Waals surface area contributed by atoms with Gasteiger partial charge >= 0.3 is 0 Å². The van der Waals surface area contributed by atoms with E-state index >= 15 is 0 Å². The first-order valence-electron chi connectivity index (χ1n) is 6.87. The Morgan fingerprint density at radius 2 is 2.33 bits per heavy atom.